The molecule has 1 atom stereocenters. The number of para-hydroxylation sites is 1. The number of hydrogen-bond acceptors (Lipinski definition) is 5. The predicted molar refractivity (Wildman–Crippen MR) is 124 cm³/mol. The average Bonchev–Trinajstić information content (AvgIpc) is 3.34. The zero-order valence-corrected chi connectivity index (χ0v) is 18.7. The molecule has 4 rings (SSSR count). The number of benzene rings is 2. The van der Waals surface area contributed by atoms with Gasteiger partial charge in [0.1, 0.15) is 12.4 Å². The number of carbonyl (C=O) groups excluding carboxylic acids is 1. The number of carbonyl (C=O) groups is 1. The monoisotopic (exact) mass is 456 g/mol. The Hall–Kier alpha value is -2.38. The number of hydrogen-bond donors (Lipinski definition) is 1. The van der Waals surface area contributed by atoms with Gasteiger partial charge in [-0.15, -0.1) is 11.3 Å². The second-order valence-electron chi connectivity index (χ2n) is 7.27. The van der Waals surface area contributed by atoms with Crippen LogP contribution in [-0.4, -0.2) is 43.7 Å². The van der Waals surface area contributed by atoms with E-state index in [-0.39, 0.29) is 11.9 Å². The van der Waals surface area contributed by atoms with Crippen LogP contribution in [0.15, 0.2) is 66.0 Å². The highest BCUT2D eigenvalue weighted by Gasteiger charge is 2.24. The molecular formula is C24H25ClN2O3S. The Labute approximate surface area is 191 Å². The summed E-state index contributed by atoms with van der Waals surface area (Å²) in [4.78, 5) is 16.7. The van der Waals surface area contributed by atoms with Crippen molar-refractivity contribution in [3.63, 3.8) is 0 Å². The van der Waals surface area contributed by atoms with E-state index < -0.39 is 0 Å². The number of halogens is 1. The first-order chi connectivity index (χ1) is 15.2. The van der Waals surface area contributed by atoms with Crippen molar-refractivity contribution < 1.29 is 14.3 Å². The van der Waals surface area contributed by atoms with Crippen LogP contribution in [0.5, 0.6) is 5.75 Å². The van der Waals surface area contributed by atoms with Crippen LogP contribution >= 0.6 is 22.9 Å². The Morgan fingerprint density at radius 2 is 1.87 bits per heavy atom. The molecule has 1 N–H and O–H groups in total. The van der Waals surface area contributed by atoms with Crippen LogP contribution in [0.25, 0.3) is 0 Å². The Morgan fingerprint density at radius 1 is 1.10 bits per heavy atom. The summed E-state index contributed by atoms with van der Waals surface area (Å²) in [7, 11) is 0. The van der Waals surface area contributed by atoms with Crippen molar-refractivity contribution in [3.05, 3.63) is 87.1 Å². The molecule has 1 saturated heterocycles. The minimum absolute atomic E-state index is 0.129. The van der Waals surface area contributed by atoms with E-state index in [1.54, 1.807) is 17.4 Å². The van der Waals surface area contributed by atoms with Crippen molar-refractivity contribution in [2.24, 2.45) is 0 Å². The lowest BCUT2D eigenvalue weighted by molar-refractivity contribution is 0.0169. The topological polar surface area (TPSA) is 50.8 Å². The molecule has 1 aromatic heterocycles. The third kappa shape index (κ3) is 5.66. The van der Waals surface area contributed by atoms with E-state index in [1.165, 1.54) is 4.88 Å². The van der Waals surface area contributed by atoms with Gasteiger partial charge in [-0.2, -0.15) is 0 Å². The lowest BCUT2D eigenvalue weighted by atomic mass is 10.1. The first-order valence-corrected chi connectivity index (χ1v) is 11.6. The molecule has 0 saturated carbocycles. The fourth-order valence-electron chi connectivity index (χ4n) is 3.62. The molecule has 0 aliphatic carbocycles. The van der Waals surface area contributed by atoms with Gasteiger partial charge >= 0.3 is 0 Å². The van der Waals surface area contributed by atoms with Crippen LogP contribution < -0.4 is 10.1 Å². The van der Waals surface area contributed by atoms with Gasteiger partial charge in [-0.1, -0.05) is 48.0 Å². The highest BCUT2D eigenvalue weighted by atomic mass is 35.5. The quantitative estimate of drug-likeness (QED) is 0.529. The molecule has 1 aliphatic heterocycles. The Kier molecular flexibility index (Phi) is 7.59. The number of nitrogens with zero attached hydrogens (tertiary/aromatic N) is 1. The molecule has 0 bridgehead atoms. The second-order valence-corrected chi connectivity index (χ2v) is 8.65. The number of ether oxygens (including phenoxy) is 2. The van der Waals surface area contributed by atoms with Gasteiger partial charge in [0.15, 0.2) is 0 Å². The second kappa shape index (κ2) is 10.8. The molecule has 3 aromatic rings. The first-order valence-electron chi connectivity index (χ1n) is 10.3. The van der Waals surface area contributed by atoms with E-state index in [1.807, 2.05) is 48.5 Å². The Bertz CT molecular complexity index is 990. The van der Waals surface area contributed by atoms with Gasteiger partial charge < -0.3 is 14.8 Å². The van der Waals surface area contributed by atoms with Gasteiger partial charge in [0.2, 0.25) is 0 Å². The molecule has 5 nitrogen and oxygen atoms in total. The number of morpholine rings is 1. The Balaban J connectivity index is 1.43. The fraction of sp³-hybridized carbons (Fsp3) is 0.292. The molecule has 7 heteroatoms. The largest absolute Gasteiger partial charge is 0.488 e. The van der Waals surface area contributed by atoms with Gasteiger partial charge in [0.05, 0.1) is 24.8 Å². The molecule has 2 aromatic carbocycles. The van der Waals surface area contributed by atoms with Crippen LogP contribution in [0, 0.1) is 0 Å². The van der Waals surface area contributed by atoms with Crippen molar-refractivity contribution >= 4 is 28.8 Å². The molecular weight excluding hydrogens is 432 g/mol. The van der Waals surface area contributed by atoms with E-state index >= 15 is 0 Å². The van der Waals surface area contributed by atoms with E-state index in [0.29, 0.717) is 42.7 Å². The minimum Gasteiger partial charge on any atom is -0.488 e. The molecule has 0 spiro atoms. The van der Waals surface area contributed by atoms with E-state index in [9.17, 15) is 4.79 Å². The lowest BCUT2D eigenvalue weighted by Gasteiger charge is -2.34. The highest BCUT2D eigenvalue weighted by molar-refractivity contribution is 7.10. The van der Waals surface area contributed by atoms with Crippen LogP contribution in [0.2, 0.25) is 5.02 Å². The third-order valence-electron chi connectivity index (χ3n) is 5.29. The van der Waals surface area contributed by atoms with Gasteiger partial charge in [0.25, 0.3) is 5.91 Å². The number of nitrogens with one attached hydrogen (secondary N) is 1. The van der Waals surface area contributed by atoms with Crippen LogP contribution in [0.3, 0.4) is 0 Å². The van der Waals surface area contributed by atoms with Crippen molar-refractivity contribution in [3.8, 4) is 5.75 Å². The summed E-state index contributed by atoms with van der Waals surface area (Å²) in [5.74, 6) is 0.392. The van der Waals surface area contributed by atoms with Crippen LogP contribution in [-0.2, 0) is 11.3 Å². The number of thiophene rings is 1. The first kappa shape index (κ1) is 21.8. The third-order valence-corrected chi connectivity index (χ3v) is 6.63. The molecule has 1 aliphatic rings. The fourth-order valence-corrected chi connectivity index (χ4v) is 4.67. The summed E-state index contributed by atoms with van der Waals surface area (Å²) in [6, 6.07) is 19.1. The summed E-state index contributed by atoms with van der Waals surface area (Å²) < 4.78 is 11.4. The molecule has 1 amide bonds. The van der Waals surface area contributed by atoms with Gasteiger partial charge in [-0.3, -0.25) is 9.69 Å². The zero-order valence-electron chi connectivity index (χ0n) is 17.1. The lowest BCUT2D eigenvalue weighted by Crippen LogP contribution is -2.43. The van der Waals surface area contributed by atoms with Crippen LogP contribution in [0.4, 0.5) is 0 Å². The molecule has 0 radical (unpaired) electrons. The molecule has 2 heterocycles. The van der Waals surface area contributed by atoms with Crippen molar-refractivity contribution in [1.82, 2.24) is 10.2 Å². The van der Waals surface area contributed by atoms with Crippen molar-refractivity contribution in [1.29, 1.82) is 0 Å². The molecule has 31 heavy (non-hydrogen) atoms. The maximum Gasteiger partial charge on any atom is 0.255 e. The Morgan fingerprint density at radius 3 is 2.65 bits per heavy atom. The van der Waals surface area contributed by atoms with E-state index in [4.69, 9.17) is 21.1 Å². The van der Waals surface area contributed by atoms with Crippen molar-refractivity contribution in [2.75, 3.05) is 32.8 Å². The minimum atomic E-state index is -0.149. The summed E-state index contributed by atoms with van der Waals surface area (Å²) in [6.07, 6.45) is 0. The van der Waals surface area contributed by atoms with Crippen molar-refractivity contribution in [2.45, 2.75) is 12.6 Å². The maximum atomic E-state index is 13.0. The summed E-state index contributed by atoms with van der Waals surface area (Å²) in [6.45, 7) is 3.97. The van der Waals surface area contributed by atoms with Gasteiger partial charge in [-0.05, 0) is 29.6 Å². The number of amides is 1. The molecule has 162 valence electrons. The maximum absolute atomic E-state index is 13.0. The molecule has 1 unspecified atom stereocenters. The zero-order chi connectivity index (χ0) is 21.5. The number of rotatable bonds is 8. The summed E-state index contributed by atoms with van der Waals surface area (Å²) in [5, 5.41) is 5.83. The van der Waals surface area contributed by atoms with Gasteiger partial charge in [0, 0.05) is 35.1 Å². The summed E-state index contributed by atoms with van der Waals surface area (Å²) in [5.41, 5.74) is 1.39. The SMILES string of the molecule is O=C(NCC(c1cccs1)N1CCOCC1)c1ccccc1OCc1ccccc1Cl. The summed E-state index contributed by atoms with van der Waals surface area (Å²) >= 11 is 7.94. The predicted octanol–water partition coefficient (Wildman–Crippen LogP) is 4.78. The normalized spacial score (nSPS) is 15.4. The van der Waals surface area contributed by atoms with Gasteiger partial charge in [-0.25, -0.2) is 0 Å². The van der Waals surface area contributed by atoms with E-state index in [0.717, 1.165) is 18.7 Å². The molecule has 1 fully saturated rings. The smallest absolute Gasteiger partial charge is 0.255 e. The highest BCUT2D eigenvalue weighted by Crippen LogP contribution is 2.26. The average molecular weight is 457 g/mol. The van der Waals surface area contributed by atoms with Crippen LogP contribution in [0.1, 0.15) is 26.8 Å². The van der Waals surface area contributed by atoms with E-state index in [2.05, 4.69) is 21.7 Å². The standard InChI is InChI=1S/C24H25ClN2O3S/c25-20-8-3-1-6-18(20)17-30-22-9-4-2-7-19(22)24(28)26-16-21(23-10-5-15-31-23)27-11-13-29-14-12-27/h1-10,15,21H,11-14,16-17H2,(H,26,28).